The first-order chi connectivity index (χ1) is 15.3. The molecule has 7 rings (SSSR count). The Balaban J connectivity index is 0.00000114. The van der Waals surface area contributed by atoms with E-state index in [0.29, 0.717) is 3.63 Å². The van der Waals surface area contributed by atoms with Crippen LogP contribution in [0, 0.1) is 23.7 Å². The first-order valence-electron chi connectivity index (χ1n) is 12.1. The maximum atomic E-state index is 2.61. The van der Waals surface area contributed by atoms with Crippen LogP contribution < -0.4 is 24.8 Å². The normalized spacial score (nSPS) is 30.5. The van der Waals surface area contributed by atoms with Crippen molar-refractivity contribution in [3.05, 3.63) is 84.1 Å². The Morgan fingerprint density at radius 2 is 1.52 bits per heavy atom. The number of aryl methyl sites for hydroxylation is 1. The van der Waals surface area contributed by atoms with Crippen molar-refractivity contribution in [1.82, 2.24) is 4.57 Å². The van der Waals surface area contributed by atoms with Gasteiger partial charge in [-0.15, -0.1) is 0 Å². The second kappa shape index (κ2) is 9.18. The van der Waals surface area contributed by atoms with Crippen LogP contribution in [0.2, 0.25) is 3.63 Å². The summed E-state index contributed by atoms with van der Waals surface area (Å²) in [4.78, 5) is 0. The molecule has 2 fully saturated rings. The molecule has 4 aliphatic rings. The maximum absolute atomic E-state index is 2.61. The molecule has 168 valence electrons. The van der Waals surface area contributed by atoms with Gasteiger partial charge < -0.3 is 24.8 Å². The van der Waals surface area contributed by atoms with Gasteiger partial charge in [-0.25, -0.2) is 0 Å². The van der Waals surface area contributed by atoms with Crippen molar-refractivity contribution in [2.75, 3.05) is 0 Å². The summed E-state index contributed by atoms with van der Waals surface area (Å²) in [7, 11) is 2.32. The number of rotatable bonds is 2. The van der Waals surface area contributed by atoms with E-state index in [0.717, 1.165) is 27.3 Å². The Labute approximate surface area is 221 Å². The first kappa shape index (κ1) is 23.7. The molecule has 6 atom stereocenters. The van der Waals surface area contributed by atoms with Crippen molar-refractivity contribution in [3.8, 4) is 11.1 Å². The maximum Gasteiger partial charge on any atom is -1.00 e. The molecule has 3 aromatic rings. The Kier molecular flexibility index (Phi) is 6.58. The molecule has 0 amide bonds. The zero-order valence-corrected chi connectivity index (χ0v) is 22.9. The summed E-state index contributed by atoms with van der Waals surface area (Å²) in [5.74, 6) is 3.57. The molecule has 2 aromatic carbocycles. The summed E-state index contributed by atoms with van der Waals surface area (Å²) >= 11 is -0.729. The number of para-hydroxylation sites is 1. The number of hydrogen-bond acceptors (Lipinski definition) is 0. The van der Waals surface area contributed by atoms with Crippen LogP contribution in [0.4, 0.5) is 0 Å². The number of allylic oxidation sites excluding steroid dienone is 4. The number of benzene rings is 2. The second-order valence-corrected chi connectivity index (χ2v) is 14.0. The predicted octanol–water partition coefficient (Wildman–Crippen LogP) is 1.31. The van der Waals surface area contributed by atoms with Crippen LogP contribution in [-0.4, -0.2) is 4.57 Å². The van der Waals surface area contributed by atoms with Gasteiger partial charge in [0.05, 0.1) is 0 Å². The minimum Gasteiger partial charge on any atom is -1.00 e. The molecule has 0 saturated heterocycles. The average Bonchev–Trinajstić information content (AvgIpc) is 3.43. The Morgan fingerprint density at radius 3 is 2.36 bits per heavy atom. The van der Waals surface area contributed by atoms with Crippen molar-refractivity contribution < 1.29 is 48.0 Å². The zero-order valence-electron chi connectivity index (χ0n) is 18.9. The van der Waals surface area contributed by atoms with Crippen LogP contribution in [0.5, 0.6) is 0 Å². The van der Waals surface area contributed by atoms with Gasteiger partial charge in [-0.3, -0.25) is 0 Å². The van der Waals surface area contributed by atoms with Gasteiger partial charge in [0.2, 0.25) is 0 Å². The van der Waals surface area contributed by atoms with E-state index in [2.05, 4.69) is 84.4 Å². The minimum absolute atomic E-state index is 0. The van der Waals surface area contributed by atoms with Crippen molar-refractivity contribution in [2.45, 2.75) is 32.9 Å². The van der Waals surface area contributed by atoms with Gasteiger partial charge in [-0.1, -0.05) is 0 Å². The summed E-state index contributed by atoms with van der Waals surface area (Å²) in [6.45, 7) is 0. The van der Waals surface area contributed by atoms with E-state index in [1.807, 2.05) is 0 Å². The van der Waals surface area contributed by atoms with Gasteiger partial charge in [0, 0.05) is 0 Å². The summed E-state index contributed by atoms with van der Waals surface area (Å²) in [5, 5.41) is 1.45. The van der Waals surface area contributed by atoms with Crippen LogP contribution in [-0.2, 0) is 30.3 Å². The molecular formula is C29H29Cl2NZr. The third-order valence-electron chi connectivity index (χ3n) is 8.79. The smallest absolute Gasteiger partial charge is 1.00 e. The summed E-state index contributed by atoms with van der Waals surface area (Å²) in [6, 6.07) is 18.4. The van der Waals surface area contributed by atoms with Crippen LogP contribution in [0.25, 0.3) is 22.0 Å². The van der Waals surface area contributed by atoms with E-state index >= 15 is 0 Å². The predicted molar refractivity (Wildman–Crippen MR) is 125 cm³/mol. The molecule has 4 aliphatic carbocycles. The third-order valence-corrected chi connectivity index (χ3v) is 14.0. The van der Waals surface area contributed by atoms with Gasteiger partial charge in [-0.05, 0) is 0 Å². The minimum atomic E-state index is -0.729. The van der Waals surface area contributed by atoms with E-state index in [4.69, 9.17) is 0 Å². The molecule has 0 aliphatic heterocycles. The molecule has 1 aromatic heterocycles. The van der Waals surface area contributed by atoms with Crippen molar-refractivity contribution in [2.24, 2.45) is 30.7 Å². The monoisotopic (exact) mass is 551 g/mol. The molecule has 0 radical (unpaired) electrons. The van der Waals surface area contributed by atoms with Crippen LogP contribution in [0.1, 0.15) is 40.6 Å². The second-order valence-electron chi connectivity index (χ2n) is 10.1. The summed E-state index contributed by atoms with van der Waals surface area (Å²) < 4.78 is 4.22. The largest absolute Gasteiger partial charge is 1.00 e. The van der Waals surface area contributed by atoms with E-state index in [1.165, 1.54) is 42.1 Å². The van der Waals surface area contributed by atoms with E-state index in [1.54, 1.807) is 16.8 Å². The number of hydrogen-bond donors (Lipinski definition) is 0. The fourth-order valence-electron chi connectivity index (χ4n) is 7.58. The summed E-state index contributed by atoms with van der Waals surface area (Å²) in [5.41, 5.74) is 7.76. The number of fused-ring (bicyclic) bond motifs is 8. The van der Waals surface area contributed by atoms with Crippen molar-refractivity contribution in [1.29, 1.82) is 0 Å². The third kappa shape index (κ3) is 3.42. The molecule has 0 N–H and O–H groups in total. The standard InChI is InChI=1S/C16H12N.C13H17.2ClH.Zr/c1-17-14-9-5-4-8-13(14)16-12-7-3-2-6-11(12)10-15(16)17;1-3-7-12-10(5-1)9-11-6-2-4-8-13(11)12;;;/h2-10H,1H3;1,3,5,7,9-13H,2,4,6,8H2;2*1H;/q;;;;+2/p-2. The van der Waals surface area contributed by atoms with Gasteiger partial charge in [0.1, 0.15) is 0 Å². The molecule has 4 heteroatoms. The molecule has 2 saturated carbocycles. The molecule has 6 unspecified atom stereocenters. The molecule has 33 heavy (non-hydrogen) atoms. The van der Waals surface area contributed by atoms with Gasteiger partial charge in [0.25, 0.3) is 0 Å². The van der Waals surface area contributed by atoms with E-state index < -0.39 is 23.2 Å². The molecule has 1 heterocycles. The Bertz CT molecular complexity index is 1240. The molecule has 0 spiro atoms. The van der Waals surface area contributed by atoms with E-state index in [-0.39, 0.29) is 24.8 Å². The quantitative estimate of drug-likeness (QED) is 0.451. The molecule has 0 bridgehead atoms. The number of nitrogens with zero attached hydrogens (tertiary/aromatic N) is 1. The van der Waals surface area contributed by atoms with Gasteiger partial charge in [0.15, 0.2) is 0 Å². The number of aromatic nitrogens is 1. The topological polar surface area (TPSA) is 4.93 Å². The van der Waals surface area contributed by atoms with Crippen LogP contribution in [0.3, 0.4) is 0 Å². The van der Waals surface area contributed by atoms with E-state index in [9.17, 15) is 0 Å². The number of halogens is 2. The average molecular weight is 554 g/mol. The van der Waals surface area contributed by atoms with Crippen LogP contribution in [0.15, 0.2) is 72.8 Å². The van der Waals surface area contributed by atoms with Gasteiger partial charge in [-0.2, -0.15) is 0 Å². The van der Waals surface area contributed by atoms with Crippen LogP contribution >= 0.6 is 0 Å². The fraction of sp³-hybridized carbons (Fsp3) is 0.379. The Morgan fingerprint density at radius 1 is 0.818 bits per heavy atom. The Hall–Kier alpha value is -1.08. The summed E-state index contributed by atoms with van der Waals surface area (Å²) in [6.07, 6.45) is 15.8. The van der Waals surface area contributed by atoms with Gasteiger partial charge >= 0.3 is 198 Å². The molecule has 1 nitrogen and oxygen atoms in total. The fourth-order valence-corrected chi connectivity index (χ4v) is 13.8. The zero-order chi connectivity index (χ0) is 20.5. The SMILES string of the molecule is Cn1c2c(c3ccccc31)-c1ccccc1[CH]2[Zr+2][CH]1C2C=CC=CC2C2CCCCC21.[Cl-].[Cl-]. The first-order valence-corrected chi connectivity index (χ1v) is 14.9. The molecular weight excluding hydrogens is 524 g/mol. The van der Waals surface area contributed by atoms with Crippen molar-refractivity contribution >= 4 is 10.9 Å². The van der Waals surface area contributed by atoms with Crippen molar-refractivity contribution in [3.63, 3.8) is 0 Å².